The van der Waals surface area contributed by atoms with Crippen molar-refractivity contribution < 1.29 is 4.74 Å². The number of benzene rings is 1. The monoisotopic (exact) mass is 340 g/mol. The number of hydrogen-bond acceptors (Lipinski definition) is 2. The van der Waals surface area contributed by atoms with Crippen molar-refractivity contribution in [2.45, 2.75) is 24.7 Å². The Morgan fingerprint density at radius 3 is 2.79 bits per heavy atom. The topological polar surface area (TPSA) is 9.23 Å². The Hall–Kier alpha value is 0.409. The molecule has 0 unspecified atom stereocenters. The van der Waals surface area contributed by atoms with Crippen molar-refractivity contribution in [3.63, 3.8) is 0 Å². The van der Waals surface area contributed by atoms with Crippen LogP contribution in [0.2, 0.25) is 0 Å². The van der Waals surface area contributed by atoms with Crippen molar-refractivity contribution in [1.82, 2.24) is 0 Å². The zero-order valence-electron chi connectivity index (χ0n) is 8.37. The molecule has 0 fully saturated rings. The van der Waals surface area contributed by atoms with E-state index in [1.807, 2.05) is 0 Å². The molecule has 0 saturated heterocycles. The van der Waals surface area contributed by atoms with Gasteiger partial charge in [-0.05, 0) is 0 Å². The van der Waals surface area contributed by atoms with Crippen molar-refractivity contribution in [3.05, 3.63) is 17.7 Å². The number of fused-ring (bicyclic) bond motifs is 1. The van der Waals surface area contributed by atoms with E-state index in [9.17, 15) is 0 Å². The first-order valence-electron chi connectivity index (χ1n) is 4.46. The SMILES string of the molecule is COc1ccc(C(C)C)c2c1[Se][Se]S2. The van der Waals surface area contributed by atoms with Gasteiger partial charge < -0.3 is 0 Å². The number of hydrogen-bond donors (Lipinski definition) is 0. The van der Waals surface area contributed by atoms with Crippen LogP contribution in [0.1, 0.15) is 25.3 Å². The second-order valence-corrected chi connectivity index (χ2v) is 13.5. The molecule has 0 aliphatic carbocycles. The zero-order valence-corrected chi connectivity index (χ0v) is 12.6. The molecule has 4 heteroatoms. The summed E-state index contributed by atoms with van der Waals surface area (Å²) in [5, 5.41) is 0. The Balaban J connectivity index is 2.53. The minimum atomic E-state index is 0.631. The van der Waals surface area contributed by atoms with Crippen LogP contribution in [0.4, 0.5) is 0 Å². The summed E-state index contributed by atoms with van der Waals surface area (Å²) in [5.41, 5.74) is 1.51. The summed E-state index contributed by atoms with van der Waals surface area (Å²) in [6, 6.07) is 4.37. The molecule has 0 bridgehead atoms. The first-order chi connectivity index (χ1) is 6.74. The van der Waals surface area contributed by atoms with Gasteiger partial charge in [0.05, 0.1) is 0 Å². The average Bonchev–Trinajstić information content (AvgIpc) is 2.64. The van der Waals surface area contributed by atoms with Gasteiger partial charge in [0.15, 0.2) is 0 Å². The third-order valence-electron chi connectivity index (χ3n) is 2.18. The normalized spacial score (nSPS) is 14.6. The first kappa shape index (κ1) is 10.9. The van der Waals surface area contributed by atoms with E-state index < -0.39 is 0 Å². The van der Waals surface area contributed by atoms with E-state index in [1.54, 1.807) is 7.11 Å². The molecular weight excluding hydrogens is 326 g/mol. The van der Waals surface area contributed by atoms with Crippen molar-refractivity contribution in [2.24, 2.45) is 0 Å². The van der Waals surface area contributed by atoms with Gasteiger partial charge in [0.2, 0.25) is 0 Å². The van der Waals surface area contributed by atoms with Crippen LogP contribution in [0.25, 0.3) is 0 Å². The van der Waals surface area contributed by atoms with E-state index in [1.165, 1.54) is 14.9 Å². The van der Waals surface area contributed by atoms with Crippen molar-refractivity contribution in [1.29, 1.82) is 0 Å². The Bertz CT molecular complexity index is 352. The predicted molar refractivity (Wildman–Crippen MR) is 64.1 cm³/mol. The fourth-order valence-electron chi connectivity index (χ4n) is 1.43. The molecule has 0 atom stereocenters. The number of rotatable bonds is 2. The van der Waals surface area contributed by atoms with Gasteiger partial charge in [-0.25, -0.2) is 0 Å². The summed E-state index contributed by atoms with van der Waals surface area (Å²) in [6.45, 7) is 4.53. The molecule has 2 rings (SSSR count). The second-order valence-electron chi connectivity index (χ2n) is 3.40. The average molecular weight is 338 g/mol. The molecule has 0 spiro atoms. The summed E-state index contributed by atoms with van der Waals surface area (Å²) in [6.07, 6.45) is 0. The molecular formula is C10H12OSSe2. The minimum absolute atomic E-state index is 0.631. The van der Waals surface area contributed by atoms with Gasteiger partial charge >= 0.3 is 99.7 Å². The number of ether oxygens (including phenoxy) is 1. The molecule has 0 N–H and O–H groups in total. The molecule has 14 heavy (non-hydrogen) atoms. The molecule has 0 amide bonds. The Labute approximate surface area is 99.3 Å². The van der Waals surface area contributed by atoms with E-state index in [-0.39, 0.29) is 0 Å². The second kappa shape index (κ2) is 4.50. The molecule has 1 aromatic rings. The quantitative estimate of drug-likeness (QED) is 0.761. The van der Waals surface area contributed by atoms with Gasteiger partial charge in [-0.15, -0.1) is 0 Å². The van der Waals surface area contributed by atoms with Crippen LogP contribution in [-0.2, 0) is 0 Å². The van der Waals surface area contributed by atoms with Crippen LogP contribution in [0.5, 0.6) is 5.75 Å². The van der Waals surface area contributed by atoms with Crippen LogP contribution in [0.3, 0.4) is 0 Å². The molecule has 76 valence electrons. The summed E-state index contributed by atoms with van der Waals surface area (Å²) in [7, 11) is 3.84. The summed E-state index contributed by atoms with van der Waals surface area (Å²) < 4.78 is 6.91. The third kappa shape index (κ3) is 1.87. The van der Waals surface area contributed by atoms with Crippen molar-refractivity contribution >= 4 is 39.8 Å². The summed E-state index contributed by atoms with van der Waals surface area (Å²) in [4.78, 5) is 1.53. The van der Waals surface area contributed by atoms with E-state index >= 15 is 0 Å². The molecule has 1 heterocycles. The molecule has 1 aromatic carbocycles. The van der Waals surface area contributed by atoms with Gasteiger partial charge in [-0.2, -0.15) is 0 Å². The fourth-order valence-corrected chi connectivity index (χ4v) is 14.5. The van der Waals surface area contributed by atoms with Gasteiger partial charge in [0.25, 0.3) is 0 Å². The zero-order chi connectivity index (χ0) is 10.1. The third-order valence-corrected chi connectivity index (χ3v) is 12.6. The van der Waals surface area contributed by atoms with E-state index in [4.69, 9.17) is 4.74 Å². The molecule has 1 aliphatic heterocycles. The van der Waals surface area contributed by atoms with Gasteiger partial charge in [0, 0.05) is 0 Å². The van der Waals surface area contributed by atoms with E-state index in [0.717, 1.165) is 17.8 Å². The van der Waals surface area contributed by atoms with Gasteiger partial charge in [-0.3, -0.25) is 0 Å². The molecule has 1 aliphatic rings. The van der Waals surface area contributed by atoms with E-state index in [0.29, 0.717) is 19.0 Å². The first-order valence-corrected chi connectivity index (χ1v) is 12.5. The molecule has 0 saturated carbocycles. The standard InChI is InChI=1S/C10H12OSSe2/c1-6(2)7-4-5-8(11-3)10-9(7)12-14-13-10/h4-6H,1-3H3. The molecule has 0 radical (unpaired) electrons. The summed E-state index contributed by atoms with van der Waals surface area (Å²) >= 11 is 1.41. The van der Waals surface area contributed by atoms with Crippen LogP contribution in [-0.4, -0.2) is 32.3 Å². The van der Waals surface area contributed by atoms with Crippen LogP contribution in [0.15, 0.2) is 17.0 Å². The maximum atomic E-state index is 5.40. The molecule has 1 nitrogen and oxygen atoms in total. The summed E-state index contributed by atoms with van der Waals surface area (Å²) in [5.74, 6) is 1.74. The number of methoxy groups -OCH3 is 1. The fraction of sp³-hybridized carbons (Fsp3) is 0.400. The maximum absolute atomic E-state index is 5.40. The van der Waals surface area contributed by atoms with E-state index in [2.05, 4.69) is 36.2 Å². The Kier molecular flexibility index (Phi) is 3.51. The van der Waals surface area contributed by atoms with Gasteiger partial charge in [0.1, 0.15) is 0 Å². The van der Waals surface area contributed by atoms with Crippen molar-refractivity contribution in [3.8, 4) is 5.75 Å². The Morgan fingerprint density at radius 2 is 2.14 bits per heavy atom. The van der Waals surface area contributed by atoms with Gasteiger partial charge in [-0.1, -0.05) is 0 Å². The van der Waals surface area contributed by atoms with Crippen LogP contribution < -0.4 is 9.20 Å². The van der Waals surface area contributed by atoms with Crippen molar-refractivity contribution in [2.75, 3.05) is 7.11 Å². The Morgan fingerprint density at radius 1 is 1.36 bits per heavy atom. The molecule has 0 aromatic heterocycles. The van der Waals surface area contributed by atoms with Crippen LogP contribution >= 0.6 is 10.2 Å². The van der Waals surface area contributed by atoms with Crippen LogP contribution in [0, 0.1) is 0 Å². The predicted octanol–water partition coefficient (Wildman–Crippen LogP) is 1.79.